The van der Waals surface area contributed by atoms with Crippen LogP contribution in [0.3, 0.4) is 0 Å². The number of nitrogens with zero attached hydrogens (tertiary/aromatic N) is 4. The third-order valence-corrected chi connectivity index (χ3v) is 2.59. The van der Waals surface area contributed by atoms with Crippen molar-refractivity contribution in [2.24, 2.45) is 5.11 Å². The highest BCUT2D eigenvalue weighted by Crippen LogP contribution is 2.00. The summed E-state index contributed by atoms with van der Waals surface area (Å²) >= 11 is 0. The number of rotatable bonds is 6. The molecule has 1 aliphatic rings. The summed E-state index contributed by atoms with van der Waals surface area (Å²) in [4.78, 5) is 16.9. The van der Waals surface area contributed by atoms with E-state index >= 15 is 0 Å². The van der Waals surface area contributed by atoms with Crippen molar-refractivity contribution in [2.75, 3.05) is 52.5 Å². The monoisotopic (exact) mass is 243 g/mol. The van der Waals surface area contributed by atoms with Crippen molar-refractivity contribution in [3.8, 4) is 0 Å². The van der Waals surface area contributed by atoms with Gasteiger partial charge in [-0.2, -0.15) is 0 Å². The molecule has 0 saturated carbocycles. The van der Waals surface area contributed by atoms with Crippen LogP contribution in [0.1, 0.15) is 0 Å². The fraction of sp³-hybridized carbons (Fsp3) is 0.889. The summed E-state index contributed by atoms with van der Waals surface area (Å²) in [5, 5.41) is 14.0. The van der Waals surface area contributed by atoms with Crippen LogP contribution in [0.25, 0.3) is 0 Å². The molecular weight excluding hydrogens is 226 g/mol. The molecule has 8 heteroatoms. The van der Waals surface area contributed by atoms with Gasteiger partial charge in [-0.15, -0.1) is 0 Å². The molecule has 0 aromatic heterocycles. The fourth-order valence-corrected chi connectivity index (χ4v) is 1.61. The number of hydrogen-bond donors (Lipinski definition) is 1. The standard InChI is InChI=1S/C9H17N5O3/c10-12-11-1-7-17-8-6-13-2-4-14(5-3-13)9(15)16/h10H,1-8H2. The Balaban J connectivity index is 2.02. The Bertz CT molecular complexity index is 284. The lowest BCUT2D eigenvalue weighted by atomic mass is 10.3. The number of carbonyl (C=O) groups excluding carboxylic acids is 1. The smallest absolute Gasteiger partial charge is 0.214 e. The van der Waals surface area contributed by atoms with E-state index in [-0.39, 0.29) is 0 Å². The van der Waals surface area contributed by atoms with Crippen molar-refractivity contribution in [2.45, 2.75) is 0 Å². The first-order valence-electron chi connectivity index (χ1n) is 5.53. The number of amides is 1. The molecule has 96 valence electrons. The minimum atomic E-state index is -1.10. The second kappa shape index (κ2) is 7.72. The first-order chi connectivity index (χ1) is 8.24. The van der Waals surface area contributed by atoms with Gasteiger partial charge in [-0.3, -0.25) is 4.90 Å². The van der Waals surface area contributed by atoms with Crippen LogP contribution in [0.5, 0.6) is 0 Å². The molecule has 1 rings (SSSR count). The van der Waals surface area contributed by atoms with E-state index in [1.54, 1.807) is 0 Å². The van der Waals surface area contributed by atoms with E-state index in [2.05, 4.69) is 14.9 Å². The Morgan fingerprint density at radius 3 is 2.65 bits per heavy atom. The molecule has 0 spiro atoms. The van der Waals surface area contributed by atoms with Crippen LogP contribution in [-0.4, -0.2) is 68.4 Å². The zero-order valence-corrected chi connectivity index (χ0v) is 9.67. The number of piperazine rings is 1. The molecule has 1 amide bonds. The van der Waals surface area contributed by atoms with Crippen molar-refractivity contribution in [1.29, 1.82) is 5.53 Å². The first-order valence-corrected chi connectivity index (χ1v) is 5.53. The quantitative estimate of drug-likeness (QED) is 0.348. The van der Waals surface area contributed by atoms with Crippen molar-refractivity contribution < 1.29 is 14.6 Å². The lowest BCUT2D eigenvalue weighted by Gasteiger charge is -2.35. The average Bonchev–Trinajstić information content (AvgIpc) is 2.34. The van der Waals surface area contributed by atoms with Gasteiger partial charge < -0.3 is 19.5 Å². The third-order valence-electron chi connectivity index (χ3n) is 2.59. The van der Waals surface area contributed by atoms with Crippen LogP contribution in [-0.2, 0) is 4.74 Å². The summed E-state index contributed by atoms with van der Waals surface area (Å²) in [6.07, 6.45) is -1.10. The average molecular weight is 243 g/mol. The van der Waals surface area contributed by atoms with Gasteiger partial charge in [-0.25, -0.2) is 0 Å². The fourth-order valence-electron chi connectivity index (χ4n) is 1.61. The Kier molecular flexibility index (Phi) is 6.16. The van der Waals surface area contributed by atoms with Crippen LogP contribution < -0.4 is 10.0 Å². The van der Waals surface area contributed by atoms with E-state index in [1.165, 1.54) is 4.90 Å². The predicted molar refractivity (Wildman–Crippen MR) is 56.4 cm³/mol. The Morgan fingerprint density at radius 2 is 2.06 bits per heavy atom. The second-order valence-electron chi connectivity index (χ2n) is 3.67. The SMILES string of the molecule is N=[N+]=NCCOCCN1CCN(C(=O)[O-])CC1. The Morgan fingerprint density at radius 1 is 1.35 bits per heavy atom. The summed E-state index contributed by atoms with van der Waals surface area (Å²) in [6, 6.07) is 0. The lowest BCUT2D eigenvalue weighted by molar-refractivity contribution is -0.266. The maximum absolute atomic E-state index is 10.6. The normalized spacial score (nSPS) is 16.6. The maximum atomic E-state index is 10.6. The summed E-state index contributed by atoms with van der Waals surface area (Å²) in [5.74, 6) is 0. The third kappa shape index (κ3) is 5.39. The topological polar surface area (TPSA) is 106 Å². The first kappa shape index (κ1) is 13.6. The van der Waals surface area contributed by atoms with E-state index in [1.807, 2.05) is 0 Å². The molecule has 1 N–H and O–H groups in total. The van der Waals surface area contributed by atoms with Crippen molar-refractivity contribution >= 4 is 6.09 Å². The van der Waals surface area contributed by atoms with Crippen molar-refractivity contribution in [1.82, 2.24) is 14.7 Å². The van der Waals surface area contributed by atoms with Crippen LogP contribution >= 0.6 is 0 Å². The number of nitrogens with one attached hydrogen (secondary N) is 1. The second-order valence-corrected chi connectivity index (χ2v) is 3.67. The summed E-state index contributed by atoms with van der Waals surface area (Å²) in [6.45, 7) is 4.64. The van der Waals surface area contributed by atoms with E-state index in [0.717, 1.165) is 6.54 Å². The van der Waals surface area contributed by atoms with Gasteiger partial charge in [0.1, 0.15) is 23.3 Å². The summed E-state index contributed by atoms with van der Waals surface area (Å²) < 4.78 is 5.29. The Labute approximate surface area is 99.4 Å². The molecule has 0 unspecified atom stereocenters. The lowest BCUT2D eigenvalue weighted by Crippen LogP contribution is -2.53. The van der Waals surface area contributed by atoms with Gasteiger partial charge in [-0.05, 0) is 0 Å². The molecule has 0 radical (unpaired) electrons. The van der Waals surface area contributed by atoms with Crippen molar-refractivity contribution in [3.63, 3.8) is 0 Å². The molecule has 1 fully saturated rings. The van der Waals surface area contributed by atoms with E-state index in [4.69, 9.17) is 10.3 Å². The van der Waals surface area contributed by atoms with E-state index in [0.29, 0.717) is 45.9 Å². The van der Waals surface area contributed by atoms with Gasteiger partial charge in [0.15, 0.2) is 0 Å². The predicted octanol–water partition coefficient (Wildman–Crippen LogP) is -1.49. The van der Waals surface area contributed by atoms with E-state index < -0.39 is 6.09 Å². The molecule has 8 nitrogen and oxygen atoms in total. The molecule has 0 aromatic rings. The molecule has 0 aromatic carbocycles. The number of carbonyl (C=O) groups is 1. The number of ether oxygens (including phenoxy) is 1. The molecule has 1 aliphatic heterocycles. The highest BCUT2D eigenvalue weighted by molar-refractivity contribution is 5.62. The minimum absolute atomic E-state index is 0.405. The maximum Gasteiger partial charge on any atom is 0.214 e. The van der Waals surface area contributed by atoms with Gasteiger partial charge in [0.05, 0.1) is 13.2 Å². The molecule has 1 heterocycles. The highest BCUT2D eigenvalue weighted by atomic mass is 16.5. The van der Waals surface area contributed by atoms with Crippen LogP contribution in [0.4, 0.5) is 4.79 Å². The van der Waals surface area contributed by atoms with Gasteiger partial charge in [0.25, 0.3) is 0 Å². The zero-order valence-electron chi connectivity index (χ0n) is 9.67. The van der Waals surface area contributed by atoms with Gasteiger partial charge in [0, 0.05) is 32.7 Å². The van der Waals surface area contributed by atoms with Crippen LogP contribution in [0.2, 0.25) is 0 Å². The van der Waals surface area contributed by atoms with Crippen molar-refractivity contribution in [3.05, 3.63) is 0 Å². The molecule has 0 atom stereocenters. The highest BCUT2D eigenvalue weighted by Gasteiger charge is 2.15. The summed E-state index contributed by atoms with van der Waals surface area (Å²) in [7, 11) is 0. The number of carboxylic acid groups (broad SMARTS) is 1. The largest absolute Gasteiger partial charge is 0.530 e. The number of hydrogen-bond acceptors (Lipinski definition) is 6. The Hall–Kier alpha value is -1.50. The van der Waals surface area contributed by atoms with Gasteiger partial charge in [0.2, 0.25) is 4.91 Å². The molecule has 0 bridgehead atoms. The van der Waals surface area contributed by atoms with Crippen LogP contribution in [0.15, 0.2) is 5.11 Å². The molecule has 17 heavy (non-hydrogen) atoms. The van der Waals surface area contributed by atoms with Gasteiger partial charge in [-0.1, -0.05) is 0 Å². The summed E-state index contributed by atoms with van der Waals surface area (Å²) in [5.41, 5.74) is 6.43. The molecule has 1 saturated heterocycles. The van der Waals surface area contributed by atoms with Gasteiger partial charge >= 0.3 is 0 Å². The molecule has 0 aliphatic carbocycles. The van der Waals surface area contributed by atoms with E-state index in [9.17, 15) is 9.90 Å². The zero-order chi connectivity index (χ0) is 12.5. The minimum Gasteiger partial charge on any atom is -0.530 e. The van der Waals surface area contributed by atoms with Crippen LogP contribution in [0, 0.1) is 5.53 Å². The molecular formula is C9H17N5O3.